The first-order valence-corrected chi connectivity index (χ1v) is 6.83. The Balaban J connectivity index is 2.75. The number of aromatic amines is 1. The number of anilines is 2. The summed E-state index contributed by atoms with van der Waals surface area (Å²) in [6.07, 6.45) is 0.196. The molecule has 5 N–H and O–H groups in total. The molecule has 0 aromatic carbocycles. The van der Waals surface area contributed by atoms with E-state index < -0.39 is 11.2 Å². The number of nitrogen functional groups attached to an aromatic ring is 1. The smallest absolute Gasteiger partial charge is 0.330 e. The van der Waals surface area contributed by atoms with Gasteiger partial charge in [0.2, 0.25) is 5.91 Å². The molecule has 8 heteroatoms. The predicted molar refractivity (Wildman–Crippen MR) is 82.4 cm³/mol. The number of carbonyl (C=O) groups excluding carboxylic acids is 1. The van der Waals surface area contributed by atoms with Crippen molar-refractivity contribution in [3.63, 3.8) is 0 Å². The van der Waals surface area contributed by atoms with E-state index in [1.807, 2.05) is 20.8 Å². The summed E-state index contributed by atoms with van der Waals surface area (Å²) in [4.78, 5) is 37.1. The van der Waals surface area contributed by atoms with Gasteiger partial charge in [-0.3, -0.25) is 19.1 Å². The molecular formula is C13H23N5O3. The summed E-state index contributed by atoms with van der Waals surface area (Å²) in [5.74, 6) is -0.0590. The summed E-state index contributed by atoms with van der Waals surface area (Å²) in [7, 11) is 0. The molecule has 0 unspecified atom stereocenters. The van der Waals surface area contributed by atoms with Gasteiger partial charge in [0.25, 0.3) is 5.56 Å². The highest BCUT2D eigenvalue weighted by Crippen LogP contribution is 2.09. The van der Waals surface area contributed by atoms with E-state index >= 15 is 0 Å². The Morgan fingerprint density at radius 1 is 1.33 bits per heavy atom. The van der Waals surface area contributed by atoms with Gasteiger partial charge in [-0.25, -0.2) is 4.79 Å². The molecule has 0 radical (unpaired) electrons. The molecule has 1 aromatic rings. The number of nitrogens with zero attached hydrogens (tertiary/aromatic N) is 1. The van der Waals surface area contributed by atoms with Crippen LogP contribution >= 0.6 is 0 Å². The molecule has 0 aliphatic carbocycles. The summed E-state index contributed by atoms with van der Waals surface area (Å²) >= 11 is 0. The first-order valence-electron chi connectivity index (χ1n) is 6.83. The quantitative estimate of drug-likeness (QED) is 0.602. The topological polar surface area (TPSA) is 122 Å². The Morgan fingerprint density at radius 3 is 2.48 bits per heavy atom. The lowest BCUT2D eigenvalue weighted by Gasteiger charge is -2.20. The zero-order chi connectivity index (χ0) is 16.2. The average Bonchev–Trinajstić information content (AvgIpc) is 2.31. The lowest BCUT2D eigenvalue weighted by Crippen LogP contribution is -2.41. The van der Waals surface area contributed by atoms with Gasteiger partial charge in [0.15, 0.2) is 0 Å². The standard InChI is InChI=1S/C13H23N5O3/c1-5-18-10(14)9(11(20)16-12(18)21)15-7-6-8(19)17-13(2,3)4/h15H,5-7,14H2,1-4H3,(H,17,19)(H,16,20,21). The molecule has 1 rings (SSSR count). The molecule has 118 valence electrons. The van der Waals surface area contributed by atoms with Crippen LogP contribution in [0.1, 0.15) is 34.1 Å². The van der Waals surface area contributed by atoms with Gasteiger partial charge in [-0.1, -0.05) is 0 Å². The van der Waals surface area contributed by atoms with Crippen LogP contribution in [0.3, 0.4) is 0 Å². The predicted octanol–water partition coefficient (Wildman–Crippen LogP) is -0.145. The summed E-state index contributed by atoms with van der Waals surface area (Å²) < 4.78 is 1.25. The largest absolute Gasteiger partial charge is 0.383 e. The van der Waals surface area contributed by atoms with E-state index in [4.69, 9.17) is 5.73 Å². The van der Waals surface area contributed by atoms with E-state index in [0.717, 1.165) is 0 Å². The summed E-state index contributed by atoms with van der Waals surface area (Å²) in [6, 6.07) is 0. The van der Waals surface area contributed by atoms with Crippen LogP contribution in [-0.4, -0.2) is 27.5 Å². The second-order valence-electron chi connectivity index (χ2n) is 5.74. The molecule has 0 saturated heterocycles. The molecule has 0 fully saturated rings. The highest BCUT2D eigenvalue weighted by Gasteiger charge is 2.14. The lowest BCUT2D eigenvalue weighted by molar-refractivity contribution is -0.122. The minimum Gasteiger partial charge on any atom is -0.383 e. The maximum atomic E-state index is 11.7. The molecule has 1 heterocycles. The fraction of sp³-hybridized carbons (Fsp3) is 0.615. The number of nitrogens with one attached hydrogen (secondary N) is 3. The number of carbonyl (C=O) groups is 1. The molecule has 0 bridgehead atoms. The Kier molecular flexibility index (Phi) is 5.17. The number of hydrogen-bond donors (Lipinski definition) is 4. The van der Waals surface area contributed by atoms with Gasteiger partial charge in [-0.05, 0) is 27.7 Å². The number of amides is 1. The second-order valence-corrected chi connectivity index (χ2v) is 5.74. The van der Waals surface area contributed by atoms with Crippen molar-refractivity contribution in [3.8, 4) is 0 Å². The van der Waals surface area contributed by atoms with Crippen LogP contribution in [0.25, 0.3) is 0 Å². The number of H-pyrrole nitrogens is 1. The van der Waals surface area contributed by atoms with E-state index in [9.17, 15) is 14.4 Å². The molecule has 0 atom stereocenters. The van der Waals surface area contributed by atoms with Gasteiger partial charge in [-0.15, -0.1) is 0 Å². The molecule has 0 aliphatic heterocycles. The summed E-state index contributed by atoms with van der Waals surface area (Å²) in [5.41, 5.74) is 4.47. The molecule has 0 spiro atoms. The Morgan fingerprint density at radius 2 is 1.95 bits per heavy atom. The van der Waals surface area contributed by atoms with Crippen LogP contribution in [0.2, 0.25) is 0 Å². The number of aromatic nitrogens is 2. The molecule has 0 saturated carbocycles. The van der Waals surface area contributed by atoms with Crippen molar-refractivity contribution in [2.75, 3.05) is 17.6 Å². The average molecular weight is 297 g/mol. The number of rotatable bonds is 5. The van der Waals surface area contributed by atoms with Crippen molar-refractivity contribution in [1.82, 2.24) is 14.9 Å². The highest BCUT2D eigenvalue weighted by atomic mass is 16.2. The van der Waals surface area contributed by atoms with E-state index in [0.29, 0.717) is 6.54 Å². The zero-order valence-electron chi connectivity index (χ0n) is 12.9. The molecule has 21 heavy (non-hydrogen) atoms. The van der Waals surface area contributed by atoms with Crippen molar-refractivity contribution >= 4 is 17.4 Å². The summed E-state index contributed by atoms with van der Waals surface area (Å²) in [6.45, 7) is 8.00. The number of nitrogens with two attached hydrogens (primary N) is 1. The minimum absolute atomic E-state index is 0.0717. The van der Waals surface area contributed by atoms with Crippen LogP contribution in [0.4, 0.5) is 11.5 Å². The lowest BCUT2D eigenvalue weighted by atomic mass is 10.1. The van der Waals surface area contributed by atoms with Crippen LogP contribution in [0, 0.1) is 0 Å². The normalized spacial score (nSPS) is 11.2. The number of hydrogen-bond acceptors (Lipinski definition) is 5. The van der Waals surface area contributed by atoms with Crippen molar-refractivity contribution in [1.29, 1.82) is 0 Å². The third kappa shape index (κ3) is 4.66. The van der Waals surface area contributed by atoms with Crippen LogP contribution in [0.5, 0.6) is 0 Å². The van der Waals surface area contributed by atoms with Crippen molar-refractivity contribution in [2.24, 2.45) is 0 Å². The second kappa shape index (κ2) is 6.47. The van der Waals surface area contributed by atoms with Crippen molar-refractivity contribution in [2.45, 2.75) is 46.2 Å². The first kappa shape index (κ1) is 16.8. The van der Waals surface area contributed by atoms with E-state index in [2.05, 4.69) is 15.6 Å². The maximum Gasteiger partial charge on any atom is 0.330 e. The first-order chi connectivity index (χ1) is 9.65. The van der Waals surface area contributed by atoms with Crippen molar-refractivity contribution in [3.05, 3.63) is 20.8 Å². The van der Waals surface area contributed by atoms with Crippen LogP contribution in [-0.2, 0) is 11.3 Å². The molecule has 1 aromatic heterocycles. The van der Waals surface area contributed by atoms with Gasteiger partial charge in [0.1, 0.15) is 11.5 Å². The van der Waals surface area contributed by atoms with Crippen LogP contribution < -0.4 is 27.6 Å². The fourth-order valence-electron chi connectivity index (χ4n) is 1.85. The summed E-state index contributed by atoms with van der Waals surface area (Å²) in [5, 5.41) is 5.63. The molecular weight excluding hydrogens is 274 g/mol. The third-order valence-electron chi connectivity index (χ3n) is 2.72. The van der Waals surface area contributed by atoms with Crippen LogP contribution in [0.15, 0.2) is 9.59 Å². The Hall–Kier alpha value is -2.25. The van der Waals surface area contributed by atoms with E-state index in [-0.39, 0.29) is 35.9 Å². The van der Waals surface area contributed by atoms with Gasteiger partial charge < -0.3 is 16.4 Å². The molecule has 1 amide bonds. The van der Waals surface area contributed by atoms with Gasteiger partial charge in [-0.2, -0.15) is 0 Å². The van der Waals surface area contributed by atoms with Gasteiger partial charge in [0, 0.05) is 25.0 Å². The van der Waals surface area contributed by atoms with Gasteiger partial charge >= 0.3 is 5.69 Å². The SMILES string of the molecule is CCn1c(N)c(NCCC(=O)NC(C)(C)C)c(=O)[nH]c1=O. The Bertz CT molecular complexity index is 624. The monoisotopic (exact) mass is 297 g/mol. The highest BCUT2D eigenvalue weighted by molar-refractivity contribution is 5.77. The van der Waals surface area contributed by atoms with E-state index in [1.54, 1.807) is 6.92 Å². The Labute approximate surface area is 122 Å². The minimum atomic E-state index is -0.585. The van der Waals surface area contributed by atoms with E-state index in [1.165, 1.54) is 4.57 Å². The molecule has 0 aliphatic rings. The van der Waals surface area contributed by atoms with Gasteiger partial charge in [0.05, 0.1) is 0 Å². The third-order valence-corrected chi connectivity index (χ3v) is 2.72. The zero-order valence-corrected chi connectivity index (χ0v) is 12.9. The van der Waals surface area contributed by atoms with Crippen molar-refractivity contribution < 1.29 is 4.79 Å². The fourth-order valence-corrected chi connectivity index (χ4v) is 1.85. The molecule has 8 nitrogen and oxygen atoms in total. The maximum absolute atomic E-state index is 11.7.